The van der Waals surface area contributed by atoms with Gasteiger partial charge < -0.3 is 9.47 Å². The van der Waals surface area contributed by atoms with Gasteiger partial charge in [0, 0.05) is 12.0 Å². The molecule has 0 aliphatic carbocycles. The van der Waals surface area contributed by atoms with Gasteiger partial charge in [-0.25, -0.2) is 17.2 Å². The molecule has 41 heavy (non-hydrogen) atoms. The lowest BCUT2D eigenvalue weighted by atomic mass is 10.0. The van der Waals surface area contributed by atoms with Crippen LogP contribution in [0.25, 0.3) is 11.6 Å². The number of carbonyl (C=O) groups excluding carboxylic acids is 1. The van der Waals surface area contributed by atoms with Crippen molar-refractivity contribution in [2.45, 2.75) is 36.9 Å². The van der Waals surface area contributed by atoms with E-state index in [1.807, 2.05) is 0 Å². The standard InChI is InChI=1S/C28H23ClF5NO5S/c1-16(27-22(29)4-3-5-23(27)31)10-17-6-8-25-24(11-17)35(15-20(40-25)7-9-26(36)39-2)41(37,38)21-13-18(28(32,33)34)12-19(30)14-21/h3-6,8,10-14,20H,7,9,15H2,1-2H3. The zero-order valence-electron chi connectivity index (χ0n) is 21.6. The van der Waals surface area contributed by atoms with Crippen LogP contribution in [0.2, 0.25) is 5.02 Å². The minimum atomic E-state index is -5.00. The number of hydrogen-bond donors (Lipinski definition) is 0. The second kappa shape index (κ2) is 11.7. The molecule has 0 N–H and O–H groups in total. The number of carbonyl (C=O) groups is 1. The molecule has 1 aliphatic heterocycles. The van der Waals surface area contributed by atoms with Gasteiger partial charge >= 0.3 is 12.1 Å². The van der Waals surface area contributed by atoms with E-state index in [4.69, 9.17) is 16.3 Å². The Morgan fingerprint density at radius 1 is 1.15 bits per heavy atom. The molecule has 3 aromatic carbocycles. The SMILES string of the molecule is COC(=O)CCC1CN(S(=O)(=O)c2cc(F)cc(C(F)(F)F)c2)c2cc(C=C(C)c3c(F)cccc3Cl)ccc2O1. The molecule has 0 radical (unpaired) electrons. The van der Waals surface area contributed by atoms with Gasteiger partial charge in [-0.3, -0.25) is 9.10 Å². The van der Waals surface area contributed by atoms with E-state index in [-0.39, 0.29) is 40.9 Å². The molecule has 1 heterocycles. The molecular formula is C28H23ClF5NO5S. The van der Waals surface area contributed by atoms with Gasteiger partial charge in [0.15, 0.2) is 0 Å². The van der Waals surface area contributed by atoms with Crippen LogP contribution in [0.1, 0.15) is 36.5 Å². The lowest BCUT2D eigenvalue weighted by Gasteiger charge is -2.35. The van der Waals surface area contributed by atoms with E-state index in [0.29, 0.717) is 23.3 Å². The number of nitrogens with zero attached hydrogens (tertiary/aromatic N) is 1. The predicted octanol–water partition coefficient (Wildman–Crippen LogP) is 7.11. The first-order chi connectivity index (χ1) is 19.2. The molecule has 0 amide bonds. The van der Waals surface area contributed by atoms with Crippen molar-refractivity contribution in [3.8, 4) is 5.75 Å². The van der Waals surface area contributed by atoms with Gasteiger partial charge in [-0.05, 0) is 66.9 Å². The van der Waals surface area contributed by atoms with Crippen molar-refractivity contribution in [1.82, 2.24) is 0 Å². The molecule has 4 rings (SSSR count). The number of esters is 1. The number of halogens is 6. The molecule has 0 saturated carbocycles. The van der Waals surface area contributed by atoms with Gasteiger partial charge in [-0.15, -0.1) is 0 Å². The number of benzene rings is 3. The van der Waals surface area contributed by atoms with Crippen LogP contribution >= 0.6 is 11.6 Å². The number of anilines is 1. The highest BCUT2D eigenvalue weighted by molar-refractivity contribution is 7.92. The second-order valence-corrected chi connectivity index (χ2v) is 11.5. The molecule has 0 saturated heterocycles. The first-order valence-corrected chi connectivity index (χ1v) is 13.9. The van der Waals surface area contributed by atoms with Crippen LogP contribution in [-0.4, -0.2) is 34.1 Å². The first kappa shape index (κ1) is 30.3. The Morgan fingerprint density at radius 3 is 2.54 bits per heavy atom. The number of alkyl halides is 3. The third-order valence-electron chi connectivity index (χ3n) is 6.34. The monoisotopic (exact) mass is 615 g/mol. The lowest BCUT2D eigenvalue weighted by Crippen LogP contribution is -2.43. The van der Waals surface area contributed by atoms with Crippen LogP contribution in [0.15, 0.2) is 59.5 Å². The number of allylic oxidation sites excluding steroid dienone is 1. The minimum absolute atomic E-state index is 0.0294. The Balaban J connectivity index is 1.81. The number of fused-ring (bicyclic) bond motifs is 1. The number of hydrogen-bond acceptors (Lipinski definition) is 5. The summed E-state index contributed by atoms with van der Waals surface area (Å²) >= 11 is 6.16. The fraction of sp³-hybridized carbons (Fsp3) is 0.250. The molecule has 13 heteroatoms. The Bertz CT molecular complexity index is 1600. The van der Waals surface area contributed by atoms with Crippen molar-refractivity contribution in [2.75, 3.05) is 18.0 Å². The van der Waals surface area contributed by atoms with Crippen molar-refractivity contribution in [1.29, 1.82) is 0 Å². The third kappa shape index (κ3) is 6.65. The largest absolute Gasteiger partial charge is 0.486 e. The van der Waals surface area contributed by atoms with Crippen LogP contribution in [0.3, 0.4) is 0 Å². The van der Waals surface area contributed by atoms with Crippen LogP contribution in [-0.2, 0) is 25.7 Å². The molecule has 0 aromatic heterocycles. The zero-order valence-corrected chi connectivity index (χ0v) is 23.2. The molecule has 3 aromatic rings. The Hall–Kier alpha value is -3.64. The van der Waals surface area contributed by atoms with Crippen molar-refractivity contribution in [3.63, 3.8) is 0 Å². The smallest absolute Gasteiger partial charge is 0.416 e. The van der Waals surface area contributed by atoms with Crippen LogP contribution in [0.5, 0.6) is 5.75 Å². The summed E-state index contributed by atoms with van der Waals surface area (Å²) in [6, 6.07) is 9.64. The quantitative estimate of drug-likeness (QED) is 0.161. The van der Waals surface area contributed by atoms with E-state index in [2.05, 4.69) is 4.74 Å². The fourth-order valence-electron chi connectivity index (χ4n) is 4.38. The van der Waals surface area contributed by atoms with Gasteiger partial charge in [0.1, 0.15) is 23.5 Å². The third-order valence-corrected chi connectivity index (χ3v) is 8.41. The number of methoxy groups -OCH3 is 1. The van der Waals surface area contributed by atoms with E-state index < -0.39 is 56.9 Å². The van der Waals surface area contributed by atoms with Gasteiger partial charge in [0.2, 0.25) is 0 Å². The van der Waals surface area contributed by atoms with Crippen molar-refractivity contribution < 1.29 is 44.6 Å². The maximum Gasteiger partial charge on any atom is 0.416 e. The summed E-state index contributed by atoms with van der Waals surface area (Å²) in [7, 11) is -3.59. The van der Waals surface area contributed by atoms with Crippen LogP contribution < -0.4 is 9.04 Å². The number of ether oxygens (including phenoxy) is 2. The molecule has 0 fully saturated rings. The Labute approximate surface area is 238 Å². The summed E-state index contributed by atoms with van der Waals surface area (Å²) in [4.78, 5) is 10.8. The summed E-state index contributed by atoms with van der Waals surface area (Å²) in [5, 5.41) is 0.157. The Morgan fingerprint density at radius 2 is 1.88 bits per heavy atom. The van der Waals surface area contributed by atoms with E-state index in [9.17, 15) is 35.2 Å². The molecule has 1 unspecified atom stereocenters. The maximum atomic E-state index is 14.5. The average molecular weight is 616 g/mol. The van der Waals surface area contributed by atoms with Crippen molar-refractivity contribution in [3.05, 3.63) is 87.9 Å². The van der Waals surface area contributed by atoms with Crippen LogP contribution in [0.4, 0.5) is 27.6 Å². The normalized spacial score (nSPS) is 15.8. The molecular weight excluding hydrogens is 593 g/mol. The summed E-state index contributed by atoms with van der Waals surface area (Å²) in [5.41, 5.74) is -0.572. The van der Waals surface area contributed by atoms with E-state index in [1.165, 1.54) is 37.4 Å². The number of sulfonamides is 1. The van der Waals surface area contributed by atoms with Gasteiger partial charge in [-0.1, -0.05) is 29.8 Å². The maximum absolute atomic E-state index is 14.5. The van der Waals surface area contributed by atoms with Crippen LogP contribution in [0, 0.1) is 11.6 Å². The fourth-order valence-corrected chi connectivity index (χ4v) is 6.24. The number of rotatable bonds is 7. The van der Waals surface area contributed by atoms with Gasteiger partial charge in [0.25, 0.3) is 10.0 Å². The molecule has 6 nitrogen and oxygen atoms in total. The molecule has 1 aliphatic rings. The highest BCUT2D eigenvalue weighted by Crippen LogP contribution is 2.40. The average Bonchev–Trinajstić information content (AvgIpc) is 2.90. The Kier molecular flexibility index (Phi) is 8.65. The zero-order chi connectivity index (χ0) is 30.1. The summed E-state index contributed by atoms with van der Waals surface area (Å²) in [6.45, 7) is 1.21. The summed E-state index contributed by atoms with van der Waals surface area (Å²) < 4.78 is 108. The van der Waals surface area contributed by atoms with E-state index in [0.717, 1.165) is 4.31 Å². The van der Waals surface area contributed by atoms with Gasteiger partial charge in [0.05, 0.1) is 34.8 Å². The van der Waals surface area contributed by atoms with E-state index in [1.54, 1.807) is 19.1 Å². The first-order valence-electron chi connectivity index (χ1n) is 12.1. The summed E-state index contributed by atoms with van der Waals surface area (Å²) in [5.74, 6) is -2.47. The van der Waals surface area contributed by atoms with Crippen molar-refractivity contribution in [2.24, 2.45) is 0 Å². The second-order valence-electron chi connectivity index (χ2n) is 9.22. The molecule has 1 atom stereocenters. The highest BCUT2D eigenvalue weighted by atomic mass is 35.5. The molecule has 0 spiro atoms. The predicted molar refractivity (Wildman–Crippen MR) is 143 cm³/mol. The highest BCUT2D eigenvalue weighted by Gasteiger charge is 2.38. The minimum Gasteiger partial charge on any atom is -0.486 e. The topological polar surface area (TPSA) is 72.9 Å². The van der Waals surface area contributed by atoms with Gasteiger partial charge in [-0.2, -0.15) is 13.2 Å². The molecule has 0 bridgehead atoms. The molecule has 218 valence electrons. The van der Waals surface area contributed by atoms with Crippen molar-refractivity contribution >= 4 is 44.9 Å². The van der Waals surface area contributed by atoms with E-state index >= 15 is 0 Å². The lowest BCUT2D eigenvalue weighted by molar-refractivity contribution is -0.141. The summed E-state index contributed by atoms with van der Waals surface area (Å²) in [6.07, 6.45) is -4.43.